The van der Waals surface area contributed by atoms with Crippen molar-refractivity contribution in [3.8, 4) is 5.75 Å². The first-order valence-corrected chi connectivity index (χ1v) is 5.23. The standard InChI is InChI=1S/C12H15NO2/c1-10-5-2-3-6-11(10)15-9-12(14)13-7-4-8-13/h2-3,5-6H,4,7-9H2,1H3. The fraction of sp³-hybridized carbons (Fsp3) is 0.417. The molecule has 1 aliphatic heterocycles. The van der Waals surface area contributed by atoms with E-state index in [2.05, 4.69) is 0 Å². The number of likely N-dealkylation sites (tertiary alicyclic amines) is 1. The molecule has 0 saturated carbocycles. The quantitative estimate of drug-likeness (QED) is 0.750. The predicted molar refractivity (Wildman–Crippen MR) is 57.9 cm³/mol. The minimum Gasteiger partial charge on any atom is -0.484 e. The van der Waals surface area contributed by atoms with E-state index in [9.17, 15) is 4.79 Å². The molecular formula is C12H15NO2. The summed E-state index contributed by atoms with van der Waals surface area (Å²) in [6.45, 7) is 3.90. The maximum Gasteiger partial charge on any atom is 0.260 e. The van der Waals surface area contributed by atoms with Crippen molar-refractivity contribution in [1.82, 2.24) is 4.90 Å². The number of hydrogen-bond donors (Lipinski definition) is 0. The Balaban J connectivity index is 1.87. The number of hydrogen-bond acceptors (Lipinski definition) is 2. The largest absolute Gasteiger partial charge is 0.484 e. The lowest BCUT2D eigenvalue weighted by molar-refractivity contribution is -0.136. The highest BCUT2D eigenvalue weighted by Crippen LogP contribution is 2.16. The Kier molecular flexibility index (Phi) is 2.90. The monoisotopic (exact) mass is 205 g/mol. The van der Waals surface area contributed by atoms with Gasteiger partial charge in [0, 0.05) is 13.1 Å². The molecule has 15 heavy (non-hydrogen) atoms. The number of carbonyl (C=O) groups excluding carboxylic acids is 1. The van der Waals surface area contributed by atoms with Crippen LogP contribution in [0.3, 0.4) is 0 Å². The molecule has 1 amide bonds. The molecule has 3 heteroatoms. The van der Waals surface area contributed by atoms with Crippen molar-refractivity contribution in [3.63, 3.8) is 0 Å². The summed E-state index contributed by atoms with van der Waals surface area (Å²) in [5, 5.41) is 0. The van der Waals surface area contributed by atoms with Crippen LogP contribution < -0.4 is 4.74 Å². The molecule has 1 aromatic carbocycles. The highest BCUT2D eigenvalue weighted by atomic mass is 16.5. The van der Waals surface area contributed by atoms with E-state index in [0.717, 1.165) is 30.8 Å². The van der Waals surface area contributed by atoms with Gasteiger partial charge in [0.15, 0.2) is 6.61 Å². The van der Waals surface area contributed by atoms with Crippen molar-refractivity contribution in [2.24, 2.45) is 0 Å². The Hall–Kier alpha value is -1.51. The number of ether oxygens (including phenoxy) is 1. The molecule has 1 aromatic rings. The highest BCUT2D eigenvalue weighted by molar-refractivity contribution is 5.78. The summed E-state index contributed by atoms with van der Waals surface area (Å²) in [5.41, 5.74) is 1.06. The first kappa shape index (κ1) is 10.0. The van der Waals surface area contributed by atoms with Gasteiger partial charge in [-0.3, -0.25) is 4.79 Å². The van der Waals surface area contributed by atoms with E-state index >= 15 is 0 Å². The fourth-order valence-electron chi connectivity index (χ4n) is 1.51. The zero-order valence-electron chi connectivity index (χ0n) is 8.90. The van der Waals surface area contributed by atoms with Crippen LogP contribution in [0, 0.1) is 6.92 Å². The lowest BCUT2D eigenvalue weighted by Gasteiger charge is -2.30. The Morgan fingerprint density at radius 3 is 2.73 bits per heavy atom. The van der Waals surface area contributed by atoms with Gasteiger partial charge >= 0.3 is 0 Å². The SMILES string of the molecule is Cc1ccccc1OCC(=O)N1CCC1. The van der Waals surface area contributed by atoms with Gasteiger partial charge < -0.3 is 9.64 Å². The van der Waals surface area contributed by atoms with Gasteiger partial charge in [-0.2, -0.15) is 0 Å². The number of rotatable bonds is 3. The number of amides is 1. The van der Waals surface area contributed by atoms with Crippen molar-refractivity contribution >= 4 is 5.91 Å². The van der Waals surface area contributed by atoms with Gasteiger partial charge in [0.2, 0.25) is 0 Å². The number of carbonyl (C=O) groups is 1. The van der Waals surface area contributed by atoms with Crippen LogP contribution >= 0.6 is 0 Å². The van der Waals surface area contributed by atoms with E-state index < -0.39 is 0 Å². The van der Waals surface area contributed by atoms with E-state index in [1.54, 1.807) is 0 Å². The predicted octanol–water partition coefficient (Wildman–Crippen LogP) is 1.61. The maximum absolute atomic E-state index is 11.5. The van der Waals surface area contributed by atoms with Gasteiger partial charge in [-0.1, -0.05) is 18.2 Å². The molecule has 0 N–H and O–H groups in total. The molecule has 0 atom stereocenters. The summed E-state index contributed by atoms with van der Waals surface area (Å²) in [6.07, 6.45) is 1.12. The van der Waals surface area contributed by atoms with Gasteiger partial charge in [0.25, 0.3) is 5.91 Å². The normalized spacial score (nSPS) is 14.6. The molecule has 1 fully saturated rings. The molecule has 0 spiro atoms. The molecule has 0 radical (unpaired) electrons. The first-order chi connectivity index (χ1) is 7.27. The third-order valence-corrected chi connectivity index (χ3v) is 2.65. The molecule has 2 rings (SSSR count). The molecule has 1 heterocycles. The fourth-order valence-corrected chi connectivity index (χ4v) is 1.51. The lowest BCUT2D eigenvalue weighted by atomic mass is 10.2. The second-order valence-corrected chi connectivity index (χ2v) is 3.79. The summed E-state index contributed by atoms with van der Waals surface area (Å²) in [4.78, 5) is 13.3. The van der Waals surface area contributed by atoms with Crippen molar-refractivity contribution in [2.75, 3.05) is 19.7 Å². The van der Waals surface area contributed by atoms with Crippen molar-refractivity contribution in [3.05, 3.63) is 29.8 Å². The maximum atomic E-state index is 11.5. The molecule has 0 unspecified atom stereocenters. The number of para-hydroxylation sites is 1. The van der Waals surface area contributed by atoms with Crippen LogP contribution in [0.4, 0.5) is 0 Å². The summed E-state index contributed by atoms with van der Waals surface area (Å²) < 4.78 is 5.46. The average Bonchev–Trinajstić information content (AvgIpc) is 2.14. The van der Waals surface area contributed by atoms with Crippen LogP contribution in [0.1, 0.15) is 12.0 Å². The second-order valence-electron chi connectivity index (χ2n) is 3.79. The van der Waals surface area contributed by atoms with Gasteiger partial charge in [-0.05, 0) is 25.0 Å². The topological polar surface area (TPSA) is 29.5 Å². The number of aryl methyl sites for hydroxylation is 1. The Morgan fingerprint density at radius 1 is 1.40 bits per heavy atom. The number of benzene rings is 1. The average molecular weight is 205 g/mol. The van der Waals surface area contributed by atoms with E-state index in [4.69, 9.17) is 4.74 Å². The highest BCUT2D eigenvalue weighted by Gasteiger charge is 2.20. The minimum absolute atomic E-state index is 0.0875. The molecule has 3 nitrogen and oxygen atoms in total. The smallest absolute Gasteiger partial charge is 0.260 e. The lowest BCUT2D eigenvalue weighted by Crippen LogP contribution is -2.44. The summed E-state index contributed by atoms with van der Waals surface area (Å²) in [7, 11) is 0. The van der Waals surface area contributed by atoms with Gasteiger partial charge in [-0.25, -0.2) is 0 Å². The zero-order valence-corrected chi connectivity index (χ0v) is 8.90. The Labute approximate surface area is 89.7 Å². The van der Waals surface area contributed by atoms with E-state index in [1.165, 1.54) is 0 Å². The van der Waals surface area contributed by atoms with E-state index in [0.29, 0.717) is 0 Å². The van der Waals surface area contributed by atoms with Crippen LogP contribution in [0.2, 0.25) is 0 Å². The van der Waals surface area contributed by atoms with Crippen molar-refractivity contribution in [2.45, 2.75) is 13.3 Å². The van der Waals surface area contributed by atoms with Crippen molar-refractivity contribution in [1.29, 1.82) is 0 Å². The third kappa shape index (κ3) is 2.29. The van der Waals surface area contributed by atoms with E-state index in [-0.39, 0.29) is 12.5 Å². The van der Waals surface area contributed by atoms with Crippen LogP contribution in [-0.2, 0) is 4.79 Å². The Bertz CT molecular complexity index is 358. The summed E-state index contributed by atoms with van der Waals surface area (Å²) >= 11 is 0. The van der Waals surface area contributed by atoms with Crippen LogP contribution in [0.25, 0.3) is 0 Å². The molecule has 1 saturated heterocycles. The van der Waals surface area contributed by atoms with Crippen LogP contribution in [-0.4, -0.2) is 30.5 Å². The zero-order chi connectivity index (χ0) is 10.7. The molecule has 0 bridgehead atoms. The van der Waals surface area contributed by atoms with Crippen molar-refractivity contribution < 1.29 is 9.53 Å². The molecule has 80 valence electrons. The first-order valence-electron chi connectivity index (χ1n) is 5.23. The number of nitrogens with zero attached hydrogens (tertiary/aromatic N) is 1. The second kappa shape index (κ2) is 4.34. The van der Waals surface area contributed by atoms with Gasteiger partial charge in [0.05, 0.1) is 0 Å². The molecular weight excluding hydrogens is 190 g/mol. The molecule has 0 aromatic heterocycles. The Morgan fingerprint density at radius 2 is 2.13 bits per heavy atom. The van der Waals surface area contributed by atoms with Gasteiger partial charge in [-0.15, -0.1) is 0 Å². The molecule has 1 aliphatic rings. The minimum atomic E-state index is 0.0875. The molecule has 0 aliphatic carbocycles. The summed E-state index contributed by atoms with van der Waals surface area (Å²) in [6, 6.07) is 7.73. The van der Waals surface area contributed by atoms with Gasteiger partial charge in [0.1, 0.15) is 5.75 Å². The summed E-state index contributed by atoms with van der Waals surface area (Å²) in [5.74, 6) is 0.885. The third-order valence-electron chi connectivity index (χ3n) is 2.65. The van der Waals surface area contributed by atoms with E-state index in [1.807, 2.05) is 36.1 Å². The van der Waals surface area contributed by atoms with Crippen LogP contribution in [0.5, 0.6) is 5.75 Å². The van der Waals surface area contributed by atoms with Crippen LogP contribution in [0.15, 0.2) is 24.3 Å².